The van der Waals surface area contributed by atoms with E-state index >= 15 is 0 Å². The summed E-state index contributed by atoms with van der Waals surface area (Å²) in [7, 11) is 0. The average Bonchev–Trinajstić information content (AvgIpc) is 2.57. The fraction of sp³-hybridized carbons (Fsp3) is 0.333. The SMILES string of the molecule is CC(C)Oc1c(I)cc(/C=N\NC(=O)c2ccc(C(C)(C)C)cc2)cc1I. The molecular weight excluding hydrogens is 566 g/mol. The maximum atomic E-state index is 12.3. The normalized spacial score (nSPS) is 11.9. The molecule has 144 valence electrons. The molecule has 0 aliphatic carbocycles. The summed E-state index contributed by atoms with van der Waals surface area (Å²) >= 11 is 4.50. The number of nitrogens with zero attached hydrogens (tertiary/aromatic N) is 1. The lowest BCUT2D eigenvalue weighted by molar-refractivity contribution is 0.0955. The molecule has 0 bridgehead atoms. The summed E-state index contributed by atoms with van der Waals surface area (Å²) in [6.45, 7) is 10.4. The minimum atomic E-state index is -0.226. The maximum absolute atomic E-state index is 12.3. The number of ether oxygens (including phenoxy) is 1. The Morgan fingerprint density at radius 3 is 2.15 bits per heavy atom. The number of hydrazone groups is 1. The molecule has 0 radical (unpaired) electrons. The standard InChI is InChI=1S/C21H24I2N2O2/c1-13(2)27-19-17(22)10-14(11-18(19)23)12-24-25-20(26)15-6-8-16(9-7-15)21(3,4)5/h6-13H,1-5H3,(H,25,26)/b24-12-. The first-order valence-corrected chi connectivity index (χ1v) is 10.8. The summed E-state index contributed by atoms with van der Waals surface area (Å²) in [5.41, 5.74) is 5.33. The molecule has 0 saturated heterocycles. The quantitative estimate of drug-likeness (QED) is 0.274. The molecule has 6 heteroatoms. The molecule has 0 aromatic heterocycles. The van der Waals surface area contributed by atoms with Crippen molar-refractivity contribution in [1.82, 2.24) is 5.43 Å². The molecule has 2 rings (SSSR count). The van der Waals surface area contributed by atoms with Crippen molar-refractivity contribution in [3.63, 3.8) is 0 Å². The van der Waals surface area contributed by atoms with Crippen LogP contribution in [0.4, 0.5) is 0 Å². The number of halogens is 2. The Kier molecular flexibility index (Phi) is 7.67. The van der Waals surface area contributed by atoms with Crippen LogP contribution in [0.1, 0.15) is 56.1 Å². The van der Waals surface area contributed by atoms with Crippen LogP contribution < -0.4 is 10.2 Å². The lowest BCUT2D eigenvalue weighted by Gasteiger charge is -2.18. The van der Waals surface area contributed by atoms with Gasteiger partial charge in [0, 0.05) is 5.56 Å². The first kappa shape index (κ1) is 22.1. The van der Waals surface area contributed by atoms with E-state index in [4.69, 9.17) is 4.74 Å². The van der Waals surface area contributed by atoms with Crippen LogP contribution in [0, 0.1) is 7.14 Å². The molecule has 27 heavy (non-hydrogen) atoms. The van der Waals surface area contributed by atoms with Crippen molar-refractivity contribution in [3.05, 3.63) is 60.2 Å². The number of carbonyl (C=O) groups is 1. The van der Waals surface area contributed by atoms with Crippen LogP contribution in [0.3, 0.4) is 0 Å². The second kappa shape index (κ2) is 9.36. The molecule has 0 fully saturated rings. The molecule has 0 saturated carbocycles. The number of carbonyl (C=O) groups excluding carboxylic acids is 1. The van der Waals surface area contributed by atoms with Gasteiger partial charge in [-0.2, -0.15) is 5.10 Å². The smallest absolute Gasteiger partial charge is 0.271 e. The van der Waals surface area contributed by atoms with Gasteiger partial charge in [-0.3, -0.25) is 4.79 Å². The van der Waals surface area contributed by atoms with Crippen LogP contribution >= 0.6 is 45.2 Å². The Bertz CT molecular complexity index is 815. The third-order valence-electron chi connectivity index (χ3n) is 3.77. The van der Waals surface area contributed by atoms with Crippen molar-refractivity contribution in [2.45, 2.75) is 46.1 Å². The summed E-state index contributed by atoms with van der Waals surface area (Å²) in [5, 5.41) is 4.09. The van der Waals surface area contributed by atoms with Gasteiger partial charge in [0.25, 0.3) is 5.91 Å². The topological polar surface area (TPSA) is 50.7 Å². The highest BCUT2D eigenvalue weighted by Crippen LogP contribution is 2.29. The second-order valence-electron chi connectivity index (χ2n) is 7.51. The van der Waals surface area contributed by atoms with Crippen LogP contribution in [0.5, 0.6) is 5.75 Å². The van der Waals surface area contributed by atoms with E-state index in [1.807, 2.05) is 50.2 Å². The molecule has 0 spiro atoms. The van der Waals surface area contributed by atoms with Crippen LogP contribution in [0.15, 0.2) is 41.5 Å². The van der Waals surface area contributed by atoms with Gasteiger partial charge in [0.05, 0.1) is 19.5 Å². The second-order valence-corrected chi connectivity index (χ2v) is 9.83. The highest BCUT2D eigenvalue weighted by Gasteiger charge is 2.14. The van der Waals surface area contributed by atoms with E-state index in [0.717, 1.165) is 18.5 Å². The van der Waals surface area contributed by atoms with Gasteiger partial charge in [-0.25, -0.2) is 5.43 Å². The first-order chi connectivity index (χ1) is 12.6. The van der Waals surface area contributed by atoms with E-state index in [1.165, 1.54) is 5.56 Å². The van der Waals surface area contributed by atoms with Crippen molar-refractivity contribution in [1.29, 1.82) is 0 Å². The number of hydrogen-bond donors (Lipinski definition) is 1. The summed E-state index contributed by atoms with van der Waals surface area (Å²) < 4.78 is 7.86. The van der Waals surface area contributed by atoms with Crippen molar-refractivity contribution in [2.24, 2.45) is 5.10 Å². The van der Waals surface area contributed by atoms with Gasteiger partial charge >= 0.3 is 0 Å². The Morgan fingerprint density at radius 2 is 1.67 bits per heavy atom. The van der Waals surface area contributed by atoms with Gasteiger partial charge < -0.3 is 4.74 Å². The van der Waals surface area contributed by atoms with Crippen molar-refractivity contribution >= 4 is 57.3 Å². The van der Waals surface area contributed by atoms with Crippen molar-refractivity contribution in [2.75, 3.05) is 0 Å². The number of nitrogens with one attached hydrogen (secondary N) is 1. The Balaban J connectivity index is 2.05. The molecule has 0 heterocycles. The third-order valence-corrected chi connectivity index (χ3v) is 5.37. The minimum absolute atomic E-state index is 0.0624. The molecule has 1 amide bonds. The summed E-state index contributed by atoms with van der Waals surface area (Å²) in [6.07, 6.45) is 1.76. The molecule has 1 N–H and O–H groups in total. The van der Waals surface area contributed by atoms with E-state index in [-0.39, 0.29) is 17.4 Å². The van der Waals surface area contributed by atoms with Crippen molar-refractivity contribution < 1.29 is 9.53 Å². The van der Waals surface area contributed by atoms with E-state index in [0.29, 0.717) is 5.56 Å². The minimum Gasteiger partial charge on any atom is -0.489 e. The van der Waals surface area contributed by atoms with Crippen LogP contribution in [0.25, 0.3) is 0 Å². The molecular formula is C21H24I2N2O2. The van der Waals surface area contributed by atoms with Gasteiger partial charge in [0.1, 0.15) is 5.75 Å². The fourth-order valence-electron chi connectivity index (χ4n) is 2.35. The zero-order chi connectivity index (χ0) is 20.2. The van der Waals surface area contributed by atoms with E-state index in [2.05, 4.69) is 76.5 Å². The molecule has 2 aromatic carbocycles. The van der Waals surface area contributed by atoms with E-state index in [1.54, 1.807) is 6.21 Å². The molecule has 4 nitrogen and oxygen atoms in total. The fourth-order valence-corrected chi connectivity index (χ4v) is 4.42. The largest absolute Gasteiger partial charge is 0.489 e. The Labute approximate surface area is 188 Å². The predicted molar refractivity (Wildman–Crippen MR) is 128 cm³/mol. The highest BCUT2D eigenvalue weighted by atomic mass is 127. The molecule has 0 atom stereocenters. The lowest BCUT2D eigenvalue weighted by atomic mass is 9.87. The van der Waals surface area contributed by atoms with E-state index < -0.39 is 0 Å². The average molecular weight is 590 g/mol. The summed E-state index contributed by atoms with van der Waals surface area (Å²) in [4.78, 5) is 12.3. The van der Waals surface area contributed by atoms with Gasteiger partial charge in [-0.15, -0.1) is 0 Å². The number of amides is 1. The highest BCUT2D eigenvalue weighted by molar-refractivity contribution is 14.1. The van der Waals surface area contributed by atoms with Crippen LogP contribution in [0.2, 0.25) is 0 Å². The third kappa shape index (κ3) is 6.44. The van der Waals surface area contributed by atoms with E-state index in [9.17, 15) is 4.79 Å². The van der Waals surface area contributed by atoms with Gasteiger partial charge in [0.2, 0.25) is 0 Å². The number of rotatable bonds is 5. The monoisotopic (exact) mass is 590 g/mol. The van der Waals surface area contributed by atoms with Crippen LogP contribution in [-0.4, -0.2) is 18.2 Å². The zero-order valence-electron chi connectivity index (χ0n) is 16.1. The zero-order valence-corrected chi connectivity index (χ0v) is 20.5. The van der Waals surface area contributed by atoms with Gasteiger partial charge in [-0.05, 0) is 99.8 Å². The maximum Gasteiger partial charge on any atom is 0.271 e. The summed E-state index contributed by atoms with van der Waals surface area (Å²) in [6, 6.07) is 11.6. The summed E-state index contributed by atoms with van der Waals surface area (Å²) in [5.74, 6) is 0.655. The lowest BCUT2D eigenvalue weighted by Crippen LogP contribution is -2.18. The predicted octanol–water partition coefficient (Wildman–Crippen LogP) is 5.74. The molecule has 0 aliphatic heterocycles. The molecule has 0 unspecified atom stereocenters. The molecule has 0 aliphatic rings. The first-order valence-electron chi connectivity index (χ1n) is 8.67. The van der Waals surface area contributed by atoms with Crippen LogP contribution in [-0.2, 0) is 5.41 Å². The van der Waals surface area contributed by atoms with Gasteiger partial charge in [-0.1, -0.05) is 32.9 Å². The number of benzene rings is 2. The Morgan fingerprint density at radius 1 is 1.11 bits per heavy atom. The van der Waals surface area contributed by atoms with Crippen molar-refractivity contribution in [3.8, 4) is 5.75 Å². The Hall–Kier alpha value is -1.16. The van der Waals surface area contributed by atoms with Gasteiger partial charge in [0.15, 0.2) is 0 Å². The molecule has 2 aromatic rings. The number of hydrogen-bond acceptors (Lipinski definition) is 3.